The number of aryl methyl sites for hydroxylation is 2. The molecule has 2 aromatic heterocycles. The second-order valence-electron chi connectivity index (χ2n) is 5.52. The van der Waals surface area contributed by atoms with Crippen molar-refractivity contribution < 1.29 is 0 Å². The largest absolute Gasteiger partial charge is 0.357 e. The van der Waals surface area contributed by atoms with E-state index in [2.05, 4.69) is 39.4 Å². The van der Waals surface area contributed by atoms with Gasteiger partial charge < -0.3 is 10.6 Å². The fourth-order valence-electron chi connectivity index (χ4n) is 2.28. The minimum absolute atomic E-state index is 0.574. The average Bonchev–Trinajstić information content (AvgIpc) is 3.12. The predicted octanol–water partition coefficient (Wildman–Crippen LogP) is 4.28. The highest BCUT2D eigenvalue weighted by Crippen LogP contribution is 2.24. The Morgan fingerprint density at radius 1 is 1.16 bits per heavy atom. The second-order valence-corrected chi connectivity index (χ2v) is 8.36. The van der Waals surface area contributed by atoms with Crippen LogP contribution in [-0.4, -0.2) is 22.5 Å². The predicted molar refractivity (Wildman–Crippen MR) is 108 cm³/mol. The van der Waals surface area contributed by atoms with Gasteiger partial charge in [-0.05, 0) is 39.0 Å². The van der Waals surface area contributed by atoms with Crippen LogP contribution in [0.3, 0.4) is 0 Å². The number of rotatable bonds is 5. The van der Waals surface area contributed by atoms with Gasteiger partial charge in [0.15, 0.2) is 5.96 Å². The molecule has 3 rings (SSSR count). The van der Waals surface area contributed by atoms with Crippen LogP contribution in [0.2, 0.25) is 5.02 Å². The molecule has 0 aliphatic rings. The standard InChI is InChI=1S/C17H20ClN5S2/c1-4-19-17(20-8-15-22-10(2)11(3)24-15)21-9-16-23-13-7-12(18)5-6-14(13)25-16/h5-7H,4,8-9H2,1-3H3,(H2,19,20,21). The van der Waals surface area contributed by atoms with Gasteiger partial charge in [0, 0.05) is 16.4 Å². The quantitative estimate of drug-likeness (QED) is 0.501. The molecule has 132 valence electrons. The molecule has 2 N–H and O–H groups in total. The molecular formula is C17H20ClN5S2. The molecule has 0 spiro atoms. The molecular weight excluding hydrogens is 374 g/mol. The fourth-order valence-corrected chi connectivity index (χ4v) is 4.19. The van der Waals surface area contributed by atoms with Crippen molar-refractivity contribution in [1.82, 2.24) is 20.6 Å². The first-order chi connectivity index (χ1) is 12.0. The first-order valence-electron chi connectivity index (χ1n) is 8.05. The lowest BCUT2D eigenvalue weighted by atomic mass is 10.3. The molecule has 8 heteroatoms. The molecule has 2 heterocycles. The van der Waals surface area contributed by atoms with Crippen LogP contribution < -0.4 is 10.6 Å². The van der Waals surface area contributed by atoms with Crippen molar-refractivity contribution in [3.05, 3.63) is 43.8 Å². The smallest absolute Gasteiger partial charge is 0.192 e. The Morgan fingerprint density at radius 2 is 2.00 bits per heavy atom. The SMILES string of the molecule is CCNC(=NCc1nc(C)c(C)s1)NCc1nc2cc(Cl)ccc2s1. The summed E-state index contributed by atoms with van der Waals surface area (Å²) in [6.07, 6.45) is 0. The van der Waals surface area contributed by atoms with Crippen molar-refractivity contribution in [2.45, 2.75) is 33.9 Å². The van der Waals surface area contributed by atoms with Crippen molar-refractivity contribution in [3.63, 3.8) is 0 Å². The molecule has 0 aliphatic carbocycles. The van der Waals surface area contributed by atoms with Crippen LogP contribution in [0.15, 0.2) is 23.2 Å². The zero-order valence-corrected chi connectivity index (χ0v) is 16.8. The fraction of sp³-hybridized carbons (Fsp3) is 0.353. The van der Waals surface area contributed by atoms with Crippen LogP contribution in [-0.2, 0) is 13.1 Å². The third-order valence-electron chi connectivity index (χ3n) is 3.59. The van der Waals surface area contributed by atoms with Crippen LogP contribution in [0.1, 0.15) is 27.5 Å². The van der Waals surface area contributed by atoms with Crippen LogP contribution in [0.4, 0.5) is 0 Å². The van der Waals surface area contributed by atoms with Crippen LogP contribution in [0.5, 0.6) is 0 Å². The van der Waals surface area contributed by atoms with Gasteiger partial charge in [0.05, 0.1) is 29.0 Å². The maximum atomic E-state index is 6.02. The topological polar surface area (TPSA) is 62.2 Å². The van der Waals surface area contributed by atoms with E-state index in [1.54, 1.807) is 22.7 Å². The number of fused-ring (bicyclic) bond motifs is 1. The van der Waals surface area contributed by atoms with E-state index in [4.69, 9.17) is 11.6 Å². The molecule has 0 unspecified atom stereocenters. The summed E-state index contributed by atoms with van der Waals surface area (Å²) in [5.41, 5.74) is 2.02. The normalized spacial score (nSPS) is 11.9. The molecule has 0 aliphatic heterocycles. The van der Waals surface area contributed by atoms with E-state index in [1.165, 1.54) is 4.88 Å². The molecule has 1 aromatic carbocycles. The van der Waals surface area contributed by atoms with Crippen LogP contribution in [0, 0.1) is 13.8 Å². The number of hydrogen-bond donors (Lipinski definition) is 2. The van der Waals surface area contributed by atoms with E-state index < -0.39 is 0 Å². The Kier molecular flexibility index (Phi) is 5.88. The molecule has 3 aromatic rings. The van der Waals surface area contributed by atoms with Gasteiger partial charge in [-0.3, -0.25) is 0 Å². The monoisotopic (exact) mass is 393 g/mol. The molecule has 25 heavy (non-hydrogen) atoms. The zero-order chi connectivity index (χ0) is 17.8. The molecule has 5 nitrogen and oxygen atoms in total. The van der Waals surface area contributed by atoms with Crippen LogP contribution >= 0.6 is 34.3 Å². The van der Waals surface area contributed by atoms with Gasteiger partial charge in [0.2, 0.25) is 0 Å². The number of thiazole rings is 2. The Labute approximate surface area is 160 Å². The van der Waals surface area contributed by atoms with E-state index >= 15 is 0 Å². The lowest BCUT2D eigenvalue weighted by Crippen LogP contribution is -2.36. The van der Waals surface area contributed by atoms with Gasteiger partial charge in [-0.25, -0.2) is 15.0 Å². The number of aromatic nitrogens is 2. The molecule has 0 fully saturated rings. The maximum Gasteiger partial charge on any atom is 0.192 e. The Morgan fingerprint density at radius 3 is 2.72 bits per heavy atom. The highest BCUT2D eigenvalue weighted by atomic mass is 35.5. The number of benzene rings is 1. The number of halogens is 1. The van der Waals surface area contributed by atoms with Gasteiger partial charge in [-0.1, -0.05) is 11.6 Å². The highest BCUT2D eigenvalue weighted by molar-refractivity contribution is 7.18. The summed E-state index contributed by atoms with van der Waals surface area (Å²) in [7, 11) is 0. The highest BCUT2D eigenvalue weighted by Gasteiger charge is 2.07. The summed E-state index contributed by atoms with van der Waals surface area (Å²) in [5, 5.41) is 9.34. The molecule has 0 saturated heterocycles. The maximum absolute atomic E-state index is 6.02. The number of hydrogen-bond acceptors (Lipinski definition) is 5. The van der Waals surface area contributed by atoms with Crippen molar-refractivity contribution in [3.8, 4) is 0 Å². The number of nitrogens with zero attached hydrogens (tertiary/aromatic N) is 3. The first-order valence-corrected chi connectivity index (χ1v) is 10.1. The lowest BCUT2D eigenvalue weighted by Gasteiger charge is -2.09. The van der Waals surface area contributed by atoms with Crippen LogP contribution in [0.25, 0.3) is 10.2 Å². The van der Waals surface area contributed by atoms with Crippen molar-refractivity contribution in [1.29, 1.82) is 0 Å². The third kappa shape index (κ3) is 4.68. The van der Waals surface area contributed by atoms with E-state index in [1.807, 2.05) is 25.1 Å². The molecule has 0 amide bonds. The summed E-state index contributed by atoms with van der Waals surface area (Å²) in [4.78, 5) is 15.0. The van der Waals surface area contributed by atoms with E-state index in [-0.39, 0.29) is 0 Å². The Bertz CT molecular complexity index is 880. The minimum atomic E-state index is 0.574. The summed E-state index contributed by atoms with van der Waals surface area (Å²) in [5.74, 6) is 0.769. The van der Waals surface area contributed by atoms with Gasteiger partial charge >= 0.3 is 0 Å². The number of aliphatic imine (C=N–C) groups is 1. The van der Waals surface area contributed by atoms with Gasteiger partial charge in [0.1, 0.15) is 10.0 Å². The average molecular weight is 394 g/mol. The van der Waals surface area contributed by atoms with Gasteiger partial charge in [0.25, 0.3) is 0 Å². The van der Waals surface area contributed by atoms with E-state index in [9.17, 15) is 0 Å². The summed E-state index contributed by atoms with van der Waals surface area (Å²) >= 11 is 9.38. The van der Waals surface area contributed by atoms with Gasteiger partial charge in [-0.15, -0.1) is 22.7 Å². The molecule has 0 atom stereocenters. The number of nitrogens with one attached hydrogen (secondary N) is 2. The number of guanidine groups is 1. The molecule has 0 radical (unpaired) electrons. The lowest BCUT2D eigenvalue weighted by molar-refractivity contribution is 0.811. The van der Waals surface area contributed by atoms with Crippen molar-refractivity contribution in [2.24, 2.45) is 4.99 Å². The summed E-state index contributed by atoms with van der Waals surface area (Å²) in [6.45, 7) is 8.17. The molecule has 0 bridgehead atoms. The summed E-state index contributed by atoms with van der Waals surface area (Å²) < 4.78 is 1.14. The third-order valence-corrected chi connectivity index (χ3v) is 5.92. The second kappa shape index (κ2) is 8.12. The molecule has 0 saturated carbocycles. The summed E-state index contributed by atoms with van der Waals surface area (Å²) in [6, 6.07) is 5.79. The van der Waals surface area contributed by atoms with Gasteiger partial charge in [-0.2, -0.15) is 0 Å². The Balaban J connectivity index is 1.66. The zero-order valence-electron chi connectivity index (χ0n) is 14.4. The Hall–Kier alpha value is -1.70. The van der Waals surface area contributed by atoms with Crippen molar-refractivity contribution in [2.75, 3.05) is 6.54 Å². The minimum Gasteiger partial charge on any atom is -0.357 e. The van der Waals surface area contributed by atoms with E-state index in [0.717, 1.165) is 38.4 Å². The van der Waals surface area contributed by atoms with Crippen molar-refractivity contribution >= 4 is 50.5 Å². The van der Waals surface area contributed by atoms with E-state index in [0.29, 0.717) is 18.1 Å². The first kappa shape index (κ1) is 18.1.